The van der Waals surface area contributed by atoms with E-state index in [2.05, 4.69) is 15.0 Å². The zero-order chi connectivity index (χ0) is 18.9. The number of methoxy groups -OCH3 is 1. The van der Waals surface area contributed by atoms with Crippen LogP contribution in [-0.2, 0) is 14.6 Å². The summed E-state index contributed by atoms with van der Waals surface area (Å²) in [6.45, 7) is 2.19. The molecule has 3 rings (SSSR count). The highest BCUT2D eigenvalue weighted by molar-refractivity contribution is 7.90. The fourth-order valence-electron chi connectivity index (χ4n) is 2.37. The summed E-state index contributed by atoms with van der Waals surface area (Å²) in [5.74, 6) is -0.241. The minimum absolute atomic E-state index is 0.274. The van der Waals surface area contributed by atoms with Gasteiger partial charge in [0, 0.05) is 29.8 Å². The van der Waals surface area contributed by atoms with Crippen LogP contribution in [0.3, 0.4) is 0 Å². The van der Waals surface area contributed by atoms with Crippen molar-refractivity contribution in [2.45, 2.75) is 12.1 Å². The van der Waals surface area contributed by atoms with Crippen LogP contribution in [0.1, 0.15) is 16.6 Å². The fourth-order valence-corrected chi connectivity index (χ4v) is 3.92. The second-order valence-corrected chi connectivity index (χ2v) is 8.19. The van der Waals surface area contributed by atoms with Crippen molar-refractivity contribution in [1.29, 1.82) is 0 Å². The number of pyridine rings is 1. The van der Waals surface area contributed by atoms with Crippen molar-refractivity contribution < 1.29 is 22.7 Å². The molecule has 3 aromatic heterocycles. The van der Waals surface area contributed by atoms with Crippen molar-refractivity contribution >= 4 is 37.4 Å². The predicted molar refractivity (Wildman–Crippen MR) is 96.3 cm³/mol. The van der Waals surface area contributed by atoms with Crippen LogP contribution in [0.25, 0.3) is 21.3 Å². The first-order valence-electron chi connectivity index (χ1n) is 7.53. The van der Waals surface area contributed by atoms with Gasteiger partial charge in [-0.3, -0.25) is 0 Å². The van der Waals surface area contributed by atoms with Crippen molar-refractivity contribution in [3.05, 3.63) is 29.4 Å². The number of aromatic nitrogens is 3. The normalized spacial score (nSPS) is 11.5. The molecule has 3 heterocycles. The maximum Gasteiger partial charge on any atom is 0.348 e. The zero-order valence-electron chi connectivity index (χ0n) is 14.2. The molecule has 136 valence electrons. The van der Waals surface area contributed by atoms with Crippen LogP contribution < -0.4 is 4.74 Å². The van der Waals surface area contributed by atoms with Crippen LogP contribution in [-0.4, -0.2) is 49.3 Å². The van der Waals surface area contributed by atoms with Gasteiger partial charge in [0.1, 0.15) is 4.88 Å². The summed E-state index contributed by atoms with van der Waals surface area (Å²) in [4.78, 5) is 24.8. The summed E-state index contributed by atoms with van der Waals surface area (Å²) < 4.78 is 34.7. The molecule has 0 unspecified atom stereocenters. The number of sulfone groups is 1. The molecule has 0 saturated carbocycles. The fraction of sp³-hybridized carbons (Fsp3) is 0.250. The van der Waals surface area contributed by atoms with Crippen LogP contribution in [0, 0.1) is 0 Å². The molecule has 0 aliphatic rings. The Bertz CT molecular complexity index is 1090. The molecular formula is C16H15N3O5S2. The third kappa shape index (κ3) is 3.25. The Kier molecular flexibility index (Phi) is 4.88. The summed E-state index contributed by atoms with van der Waals surface area (Å²) in [7, 11) is -2.34. The second-order valence-electron chi connectivity index (χ2n) is 5.22. The maximum atomic E-state index is 12.3. The molecule has 26 heavy (non-hydrogen) atoms. The van der Waals surface area contributed by atoms with Gasteiger partial charge in [-0.05, 0) is 19.1 Å². The van der Waals surface area contributed by atoms with Gasteiger partial charge < -0.3 is 9.47 Å². The molecule has 0 amide bonds. The number of nitrogens with zero attached hydrogens (tertiary/aromatic N) is 3. The smallest absolute Gasteiger partial charge is 0.348 e. The first kappa shape index (κ1) is 18.2. The number of rotatable bonds is 5. The number of thiophene rings is 1. The Morgan fingerprint density at radius 3 is 2.73 bits per heavy atom. The summed E-state index contributed by atoms with van der Waals surface area (Å²) in [5, 5.41) is -0.317. The Morgan fingerprint density at radius 2 is 2.08 bits per heavy atom. The summed E-state index contributed by atoms with van der Waals surface area (Å²) in [6.07, 6.45) is 3.98. The highest BCUT2D eigenvalue weighted by Crippen LogP contribution is 2.41. The lowest BCUT2D eigenvalue weighted by Crippen LogP contribution is -2.04. The van der Waals surface area contributed by atoms with E-state index >= 15 is 0 Å². The minimum Gasteiger partial charge on any atom is -0.478 e. The Hall–Kier alpha value is -2.59. The minimum atomic E-state index is -3.61. The lowest BCUT2D eigenvalue weighted by molar-refractivity contribution is 0.0607. The predicted octanol–water partition coefficient (Wildman–Crippen LogP) is 2.34. The molecule has 3 aromatic rings. The first-order valence-corrected chi connectivity index (χ1v) is 10.2. The number of esters is 1. The molecule has 10 heteroatoms. The van der Waals surface area contributed by atoms with Crippen molar-refractivity contribution in [3.8, 4) is 17.0 Å². The molecule has 8 nitrogen and oxygen atoms in total. The monoisotopic (exact) mass is 393 g/mol. The van der Waals surface area contributed by atoms with Gasteiger partial charge in [0.2, 0.25) is 20.9 Å². The molecule has 0 aliphatic heterocycles. The molecule has 0 aliphatic carbocycles. The van der Waals surface area contributed by atoms with Gasteiger partial charge in [0.15, 0.2) is 0 Å². The molecule has 0 atom stereocenters. The van der Waals surface area contributed by atoms with Crippen molar-refractivity contribution in [1.82, 2.24) is 15.0 Å². The van der Waals surface area contributed by atoms with Crippen LogP contribution in [0.2, 0.25) is 0 Å². The van der Waals surface area contributed by atoms with Crippen LogP contribution >= 0.6 is 11.3 Å². The molecule has 0 radical (unpaired) electrons. The van der Waals surface area contributed by atoms with Crippen molar-refractivity contribution in [2.75, 3.05) is 20.0 Å². The standard InChI is InChI=1S/C16H15N3O5S2/c1-4-24-14-9(6-5-7-17-14)11-12-10(25-13(11)15(20)23-2)8-18-16(19-12)26(3,21)22/h5-8H,4H2,1-3H3. The van der Waals surface area contributed by atoms with Gasteiger partial charge in [-0.25, -0.2) is 28.2 Å². The highest BCUT2D eigenvalue weighted by Gasteiger charge is 2.26. The van der Waals surface area contributed by atoms with E-state index in [0.29, 0.717) is 33.8 Å². The molecule has 0 bridgehead atoms. The van der Waals surface area contributed by atoms with Gasteiger partial charge >= 0.3 is 5.97 Å². The molecule has 0 saturated heterocycles. The second kappa shape index (κ2) is 6.96. The van der Waals surface area contributed by atoms with Gasteiger partial charge in [-0.15, -0.1) is 11.3 Å². The zero-order valence-corrected chi connectivity index (χ0v) is 15.8. The van der Waals surface area contributed by atoms with E-state index in [9.17, 15) is 13.2 Å². The summed E-state index contributed by atoms with van der Waals surface area (Å²) in [5.41, 5.74) is 1.28. The molecular weight excluding hydrogens is 378 g/mol. The number of hydrogen-bond acceptors (Lipinski definition) is 9. The lowest BCUT2D eigenvalue weighted by atomic mass is 10.1. The van der Waals surface area contributed by atoms with Gasteiger partial charge in [0.25, 0.3) is 0 Å². The van der Waals surface area contributed by atoms with Crippen molar-refractivity contribution in [2.24, 2.45) is 0 Å². The maximum absolute atomic E-state index is 12.3. The lowest BCUT2D eigenvalue weighted by Gasteiger charge is -2.09. The van der Waals surface area contributed by atoms with E-state index in [0.717, 1.165) is 17.6 Å². The molecule has 0 fully saturated rings. The Morgan fingerprint density at radius 1 is 1.31 bits per heavy atom. The molecule has 0 aromatic carbocycles. The average molecular weight is 393 g/mol. The third-order valence-corrected chi connectivity index (χ3v) is 5.39. The van der Waals surface area contributed by atoms with E-state index < -0.39 is 15.8 Å². The number of carbonyl (C=O) groups excluding carboxylic acids is 1. The number of hydrogen-bond donors (Lipinski definition) is 0. The number of fused-ring (bicyclic) bond motifs is 1. The summed E-state index contributed by atoms with van der Waals surface area (Å²) >= 11 is 1.12. The largest absolute Gasteiger partial charge is 0.478 e. The van der Waals surface area contributed by atoms with Crippen molar-refractivity contribution in [3.63, 3.8) is 0 Å². The van der Waals surface area contributed by atoms with Crippen LogP contribution in [0.5, 0.6) is 5.88 Å². The highest BCUT2D eigenvalue weighted by atomic mass is 32.2. The van der Waals surface area contributed by atoms with E-state index in [4.69, 9.17) is 9.47 Å². The van der Waals surface area contributed by atoms with Gasteiger partial charge in [-0.1, -0.05) is 0 Å². The SMILES string of the molecule is CCOc1ncccc1-c1c(C(=O)OC)sc2cnc(S(C)(=O)=O)nc12. The Labute approximate surface area is 153 Å². The van der Waals surface area contributed by atoms with E-state index in [-0.39, 0.29) is 10.0 Å². The number of ether oxygens (including phenoxy) is 2. The van der Waals surface area contributed by atoms with E-state index in [1.165, 1.54) is 13.3 Å². The van der Waals surface area contributed by atoms with Gasteiger partial charge in [0.05, 0.1) is 23.9 Å². The van der Waals surface area contributed by atoms with Crippen LogP contribution in [0.15, 0.2) is 29.7 Å². The first-order chi connectivity index (χ1) is 12.4. The van der Waals surface area contributed by atoms with E-state index in [1.54, 1.807) is 18.3 Å². The Balaban J connectivity index is 2.39. The molecule has 0 spiro atoms. The van der Waals surface area contributed by atoms with Crippen LogP contribution in [0.4, 0.5) is 0 Å². The topological polar surface area (TPSA) is 108 Å². The molecule has 0 N–H and O–H groups in total. The summed E-state index contributed by atoms with van der Waals surface area (Å²) in [6, 6.07) is 3.43. The van der Waals surface area contributed by atoms with E-state index in [1.807, 2.05) is 6.92 Å². The average Bonchev–Trinajstić information content (AvgIpc) is 2.99. The third-order valence-electron chi connectivity index (χ3n) is 3.43. The number of carbonyl (C=O) groups is 1. The van der Waals surface area contributed by atoms with Gasteiger partial charge in [-0.2, -0.15) is 0 Å². The quantitative estimate of drug-likeness (QED) is 0.480.